The molecule has 1 unspecified atom stereocenters. The van der Waals surface area contributed by atoms with Crippen molar-refractivity contribution in [1.29, 1.82) is 0 Å². The molecule has 16 heavy (non-hydrogen) atoms. The van der Waals surface area contributed by atoms with Gasteiger partial charge in [-0.3, -0.25) is 0 Å². The largest absolute Gasteiger partial charge is 0.364 e. The lowest BCUT2D eigenvalue weighted by molar-refractivity contribution is 0.543. The van der Waals surface area contributed by atoms with Crippen molar-refractivity contribution in [2.24, 2.45) is 0 Å². The molecular weight excluding hydrogens is 203 g/mol. The van der Waals surface area contributed by atoms with Gasteiger partial charge >= 0.3 is 0 Å². The number of anilines is 1. The summed E-state index contributed by atoms with van der Waals surface area (Å²) >= 11 is 0. The molecule has 0 bridgehead atoms. The van der Waals surface area contributed by atoms with E-state index in [1.165, 1.54) is 5.69 Å². The van der Waals surface area contributed by atoms with E-state index in [0.717, 1.165) is 18.5 Å². The van der Waals surface area contributed by atoms with Gasteiger partial charge in [-0.1, -0.05) is 0 Å². The lowest BCUT2D eigenvalue weighted by Gasteiger charge is -2.31. The van der Waals surface area contributed by atoms with Crippen LogP contribution in [0.1, 0.15) is 19.4 Å². The number of nitrogens with one attached hydrogen (secondary N) is 1. The number of hydrogen-bond donors (Lipinski definition) is 1. The number of halogens is 1. The molecule has 2 nitrogen and oxygen atoms in total. The first-order chi connectivity index (χ1) is 7.63. The van der Waals surface area contributed by atoms with Crippen molar-refractivity contribution in [3.05, 3.63) is 29.6 Å². The Bertz CT molecular complexity index is 376. The summed E-state index contributed by atoms with van der Waals surface area (Å²) in [5, 5.41) is 3.21. The van der Waals surface area contributed by atoms with Crippen molar-refractivity contribution in [1.82, 2.24) is 5.32 Å². The van der Waals surface area contributed by atoms with Crippen molar-refractivity contribution in [2.75, 3.05) is 18.5 Å². The highest BCUT2D eigenvalue weighted by atomic mass is 19.1. The zero-order chi connectivity index (χ0) is 11.7. The van der Waals surface area contributed by atoms with Gasteiger partial charge < -0.3 is 10.2 Å². The maximum Gasteiger partial charge on any atom is 0.123 e. The standard InChI is InChI=1S/C13H19FN2/c1-9(2)16-12(8-15-3)7-10-6-11(14)4-5-13(10)16/h4-6,9,12,15H,7-8H2,1-3H3. The second kappa shape index (κ2) is 4.42. The molecule has 2 rings (SSSR count). The monoisotopic (exact) mass is 222 g/mol. The van der Waals surface area contributed by atoms with Gasteiger partial charge in [-0.25, -0.2) is 4.39 Å². The van der Waals surface area contributed by atoms with Crippen LogP contribution in [0, 0.1) is 5.82 Å². The Morgan fingerprint density at radius 3 is 2.88 bits per heavy atom. The minimum absolute atomic E-state index is 0.132. The molecule has 0 fully saturated rings. The van der Waals surface area contributed by atoms with E-state index in [2.05, 4.69) is 24.1 Å². The molecule has 0 saturated heterocycles. The van der Waals surface area contributed by atoms with Crippen LogP contribution in [0.5, 0.6) is 0 Å². The molecule has 1 aromatic rings. The topological polar surface area (TPSA) is 15.3 Å². The van der Waals surface area contributed by atoms with Crippen LogP contribution in [-0.4, -0.2) is 25.7 Å². The van der Waals surface area contributed by atoms with Gasteiger partial charge in [-0.05, 0) is 51.1 Å². The van der Waals surface area contributed by atoms with Crippen LogP contribution in [0.25, 0.3) is 0 Å². The first-order valence-electron chi connectivity index (χ1n) is 5.85. The molecule has 1 N–H and O–H groups in total. The van der Waals surface area contributed by atoms with Crippen molar-refractivity contribution < 1.29 is 4.39 Å². The van der Waals surface area contributed by atoms with Gasteiger partial charge in [-0.2, -0.15) is 0 Å². The third kappa shape index (κ3) is 1.92. The third-order valence-corrected chi connectivity index (χ3v) is 3.16. The SMILES string of the molecule is CNCC1Cc2cc(F)ccc2N1C(C)C. The second-order valence-electron chi connectivity index (χ2n) is 4.69. The van der Waals surface area contributed by atoms with E-state index < -0.39 is 0 Å². The van der Waals surface area contributed by atoms with Gasteiger partial charge in [0.1, 0.15) is 5.82 Å². The Kier molecular flexibility index (Phi) is 3.15. The normalized spacial score (nSPS) is 19.3. The maximum absolute atomic E-state index is 13.2. The fourth-order valence-electron chi connectivity index (χ4n) is 2.62. The molecule has 1 heterocycles. The third-order valence-electron chi connectivity index (χ3n) is 3.16. The molecule has 1 atom stereocenters. The number of likely N-dealkylation sites (N-methyl/N-ethyl adjacent to an activating group) is 1. The van der Waals surface area contributed by atoms with Crippen LogP contribution in [-0.2, 0) is 6.42 Å². The van der Waals surface area contributed by atoms with Crippen LogP contribution < -0.4 is 10.2 Å². The fraction of sp³-hybridized carbons (Fsp3) is 0.538. The Hall–Kier alpha value is -1.09. The quantitative estimate of drug-likeness (QED) is 0.843. The molecular formula is C13H19FN2. The van der Waals surface area contributed by atoms with Gasteiger partial charge in [0.05, 0.1) is 0 Å². The van der Waals surface area contributed by atoms with Crippen LogP contribution in [0.15, 0.2) is 18.2 Å². The molecule has 0 spiro atoms. The Labute approximate surface area is 96.5 Å². The fourth-order valence-corrected chi connectivity index (χ4v) is 2.62. The Morgan fingerprint density at radius 2 is 2.25 bits per heavy atom. The van der Waals surface area contributed by atoms with Gasteiger partial charge in [0.15, 0.2) is 0 Å². The van der Waals surface area contributed by atoms with Gasteiger partial charge in [0.2, 0.25) is 0 Å². The molecule has 1 aromatic carbocycles. The minimum atomic E-state index is -0.132. The molecule has 3 heteroatoms. The maximum atomic E-state index is 13.2. The lowest BCUT2D eigenvalue weighted by Crippen LogP contribution is -2.43. The molecule has 88 valence electrons. The van der Waals surface area contributed by atoms with Crippen molar-refractivity contribution in [3.8, 4) is 0 Å². The second-order valence-corrected chi connectivity index (χ2v) is 4.69. The van der Waals surface area contributed by atoms with Crippen LogP contribution in [0.2, 0.25) is 0 Å². The summed E-state index contributed by atoms with van der Waals surface area (Å²) in [6, 6.07) is 6.02. The zero-order valence-corrected chi connectivity index (χ0v) is 10.1. The van der Waals surface area contributed by atoms with Gasteiger partial charge in [0.25, 0.3) is 0 Å². The molecule has 0 aliphatic carbocycles. The summed E-state index contributed by atoms with van der Waals surface area (Å²) < 4.78 is 13.2. The average Bonchev–Trinajstić information content (AvgIpc) is 2.55. The van der Waals surface area contributed by atoms with E-state index >= 15 is 0 Å². The molecule has 0 amide bonds. The van der Waals surface area contributed by atoms with Crippen molar-refractivity contribution in [2.45, 2.75) is 32.4 Å². The molecule has 1 aliphatic heterocycles. The van der Waals surface area contributed by atoms with Gasteiger partial charge in [-0.15, -0.1) is 0 Å². The predicted octanol–water partition coefficient (Wildman–Crippen LogP) is 2.18. The number of nitrogens with zero attached hydrogens (tertiary/aromatic N) is 1. The summed E-state index contributed by atoms with van der Waals surface area (Å²) in [7, 11) is 1.96. The van der Waals surface area contributed by atoms with E-state index in [9.17, 15) is 4.39 Å². The predicted molar refractivity (Wildman–Crippen MR) is 65.4 cm³/mol. The summed E-state index contributed by atoms with van der Waals surface area (Å²) in [5.41, 5.74) is 2.32. The highest BCUT2D eigenvalue weighted by molar-refractivity contribution is 5.60. The number of rotatable bonds is 3. The van der Waals surface area contributed by atoms with Crippen LogP contribution in [0.4, 0.5) is 10.1 Å². The smallest absolute Gasteiger partial charge is 0.123 e. The van der Waals surface area contributed by atoms with Crippen LogP contribution in [0.3, 0.4) is 0 Å². The minimum Gasteiger partial charge on any atom is -0.364 e. The molecule has 0 saturated carbocycles. The van der Waals surface area contributed by atoms with Gasteiger partial charge in [0, 0.05) is 24.3 Å². The summed E-state index contributed by atoms with van der Waals surface area (Å²) in [4.78, 5) is 2.38. The first-order valence-corrected chi connectivity index (χ1v) is 5.85. The highest BCUT2D eigenvalue weighted by Crippen LogP contribution is 2.33. The lowest BCUT2D eigenvalue weighted by atomic mass is 10.1. The summed E-state index contributed by atoms with van der Waals surface area (Å²) in [6.45, 7) is 5.30. The zero-order valence-electron chi connectivity index (χ0n) is 10.1. The van der Waals surface area contributed by atoms with E-state index in [4.69, 9.17) is 0 Å². The Morgan fingerprint density at radius 1 is 1.50 bits per heavy atom. The summed E-state index contributed by atoms with van der Waals surface area (Å²) in [6.07, 6.45) is 0.937. The molecule has 1 aliphatic rings. The highest BCUT2D eigenvalue weighted by Gasteiger charge is 2.30. The number of hydrogen-bond acceptors (Lipinski definition) is 2. The van der Waals surface area contributed by atoms with E-state index in [1.807, 2.05) is 13.1 Å². The number of fused-ring (bicyclic) bond motifs is 1. The van der Waals surface area contributed by atoms with Crippen molar-refractivity contribution >= 4 is 5.69 Å². The molecule has 0 radical (unpaired) electrons. The van der Waals surface area contributed by atoms with E-state index in [-0.39, 0.29) is 5.82 Å². The average molecular weight is 222 g/mol. The number of benzene rings is 1. The Balaban J connectivity index is 2.33. The van der Waals surface area contributed by atoms with E-state index in [1.54, 1.807) is 12.1 Å². The molecule has 0 aromatic heterocycles. The van der Waals surface area contributed by atoms with Crippen molar-refractivity contribution in [3.63, 3.8) is 0 Å². The first kappa shape index (κ1) is 11.4. The van der Waals surface area contributed by atoms with E-state index in [0.29, 0.717) is 12.1 Å². The summed E-state index contributed by atoms with van der Waals surface area (Å²) in [5.74, 6) is -0.132. The van der Waals surface area contributed by atoms with Crippen LogP contribution >= 0.6 is 0 Å².